The molecule has 0 spiro atoms. The molecule has 2 aromatic rings. The highest BCUT2D eigenvalue weighted by Crippen LogP contribution is 2.35. The highest BCUT2D eigenvalue weighted by molar-refractivity contribution is 7.18. The number of thiophene rings is 1. The molecule has 1 heterocycles. The van der Waals surface area contributed by atoms with Crippen LogP contribution in [-0.2, 0) is 9.47 Å². The molecule has 11 heteroatoms. The van der Waals surface area contributed by atoms with E-state index in [0.29, 0.717) is 5.56 Å². The van der Waals surface area contributed by atoms with Gasteiger partial charge in [-0.2, -0.15) is 0 Å². The summed E-state index contributed by atoms with van der Waals surface area (Å²) in [6.45, 7) is 3.25. The fourth-order valence-corrected chi connectivity index (χ4v) is 3.68. The number of nitrogens with one attached hydrogen (secondary N) is 1. The molecule has 28 heavy (non-hydrogen) atoms. The van der Waals surface area contributed by atoms with Crippen molar-refractivity contribution in [2.75, 3.05) is 19.0 Å². The molecule has 0 saturated heterocycles. The summed E-state index contributed by atoms with van der Waals surface area (Å²) in [6, 6.07) is 3.37. The van der Waals surface area contributed by atoms with E-state index in [4.69, 9.17) is 21.1 Å². The van der Waals surface area contributed by atoms with Crippen LogP contribution >= 0.6 is 22.9 Å². The van der Waals surface area contributed by atoms with Crippen LogP contribution in [0.2, 0.25) is 5.02 Å². The van der Waals surface area contributed by atoms with E-state index in [-0.39, 0.29) is 38.3 Å². The molecule has 0 bridgehead atoms. The summed E-state index contributed by atoms with van der Waals surface area (Å²) < 4.78 is 9.68. The standard InChI is InChI=1S/C17H15ClN2O7S/c1-4-27-16(22)12-8(2)13(17(23)26-3)28-15(12)19-14(21)10-6-5-9(20(24)25)7-11(10)18/h5-7H,4H2,1-3H3,(H,19,21). The molecule has 0 radical (unpaired) electrons. The van der Waals surface area contributed by atoms with Crippen LogP contribution in [0.15, 0.2) is 18.2 Å². The van der Waals surface area contributed by atoms with Gasteiger partial charge in [0.15, 0.2) is 0 Å². The van der Waals surface area contributed by atoms with Gasteiger partial charge in [0.25, 0.3) is 11.6 Å². The van der Waals surface area contributed by atoms with Gasteiger partial charge in [0.1, 0.15) is 9.88 Å². The Hall–Kier alpha value is -2.98. The molecule has 0 aliphatic heterocycles. The number of halogens is 1. The molecule has 1 amide bonds. The number of carbonyl (C=O) groups is 3. The van der Waals surface area contributed by atoms with E-state index in [1.54, 1.807) is 6.92 Å². The average Bonchev–Trinajstić information content (AvgIpc) is 2.96. The summed E-state index contributed by atoms with van der Waals surface area (Å²) in [7, 11) is 1.19. The summed E-state index contributed by atoms with van der Waals surface area (Å²) >= 11 is 6.82. The minimum absolute atomic E-state index is 0.0265. The monoisotopic (exact) mass is 426 g/mol. The lowest BCUT2D eigenvalue weighted by atomic mass is 10.1. The molecule has 0 unspecified atom stereocenters. The Morgan fingerprint density at radius 3 is 2.50 bits per heavy atom. The topological polar surface area (TPSA) is 125 Å². The number of ether oxygens (including phenoxy) is 2. The van der Waals surface area contributed by atoms with E-state index in [0.717, 1.165) is 23.5 Å². The highest BCUT2D eigenvalue weighted by Gasteiger charge is 2.27. The number of non-ortho nitro benzene ring substituents is 1. The molecule has 1 aromatic heterocycles. The van der Waals surface area contributed by atoms with Gasteiger partial charge in [0.2, 0.25) is 0 Å². The van der Waals surface area contributed by atoms with Crippen molar-refractivity contribution in [1.82, 2.24) is 0 Å². The van der Waals surface area contributed by atoms with Crippen molar-refractivity contribution in [2.24, 2.45) is 0 Å². The van der Waals surface area contributed by atoms with Crippen LogP contribution in [-0.4, -0.2) is 36.5 Å². The van der Waals surface area contributed by atoms with Crippen LogP contribution in [0.1, 0.15) is 42.9 Å². The molecule has 0 saturated carbocycles. The van der Waals surface area contributed by atoms with Crippen LogP contribution in [0.4, 0.5) is 10.7 Å². The second-order valence-electron chi connectivity index (χ2n) is 5.35. The van der Waals surface area contributed by atoms with Gasteiger partial charge in [-0.1, -0.05) is 11.6 Å². The van der Waals surface area contributed by atoms with Crippen molar-refractivity contribution in [3.8, 4) is 0 Å². The van der Waals surface area contributed by atoms with E-state index < -0.39 is 22.8 Å². The number of esters is 2. The maximum absolute atomic E-state index is 12.6. The Balaban J connectivity index is 2.44. The van der Waals surface area contributed by atoms with E-state index in [9.17, 15) is 24.5 Å². The molecule has 0 atom stereocenters. The largest absolute Gasteiger partial charge is 0.465 e. The average molecular weight is 427 g/mol. The lowest BCUT2D eigenvalue weighted by Crippen LogP contribution is -2.15. The first-order chi connectivity index (χ1) is 13.2. The number of amides is 1. The van der Waals surface area contributed by atoms with Crippen molar-refractivity contribution < 1.29 is 28.8 Å². The first-order valence-corrected chi connectivity index (χ1v) is 9.04. The van der Waals surface area contributed by atoms with Crippen LogP contribution < -0.4 is 5.32 Å². The number of nitrogens with zero attached hydrogens (tertiary/aromatic N) is 1. The van der Waals surface area contributed by atoms with Crippen molar-refractivity contribution in [1.29, 1.82) is 0 Å². The number of nitro benzene ring substituents is 1. The van der Waals surface area contributed by atoms with Gasteiger partial charge in [-0.05, 0) is 25.5 Å². The van der Waals surface area contributed by atoms with E-state index in [2.05, 4.69) is 5.32 Å². The van der Waals surface area contributed by atoms with Crippen LogP contribution in [0.3, 0.4) is 0 Å². The normalized spacial score (nSPS) is 10.3. The number of hydrogen-bond acceptors (Lipinski definition) is 8. The van der Waals surface area contributed by atoms with Gasteiger partial charge in [-0.3, -0.25) is 14.9 Å². The summed E-state index contributed by atoms with van der Waals surface area (Å²) in [5, 5.41) is 13.3. The Kier molecular flexibility index (Phi) is 6.71. The zero-order chi connectivity index (χ0) is 21.0. The zero-order valence-corrected chi connectivity index (χ0v) is 16.6. The molecule has 0 fully saturated rings. The van der Waals surface area contributed by atoms with Crippen molar-refractivity contribution in [3.63, 3.8) is 0 Å². The molecular formula is C17H15ClN2O7S. The van der Waals surface area contributed by atoms with Crippen molar-refractivity contribution in [2.45, 2.75) is 13.8 Å². The third-order valence-corrected chi connectivity index (χ3v) is 5.13. The predicted molar refractivity (Wildman–Crippen MR) is 102 cm³/mol. The summed E-state index contributed by atoms with van der Waals surface area (Å²) in [4.78, 5) is 47.1. The van der Waals surface area contributed by atoms with Gasteiger partial charge < -0.3 is 14.8 Å². The first kappa shape index (κ1) is 21.3. The quantitative estimate of drug-likeness (QED) is 0.422. The Bertz CT molecular complexity index is 971. The number of rotatable bonds is 6. The second kappa shape index (κ2) is 8.81. The molecular weight excluding hydrogens is 412 g/mol. The maximum Gasteiger partial charge on any atom is 0.348 e. The zero-order valence-electron chi connectivity index (χ0n) is 15.0. The first-order valence-electron chi connectivity index (χ1n) is 7.85. The summed E-state index contributed by atoms with van der Waals surface area (Å²) in [5.41, 5.74) is 0.0282. The number of nitro groups is 1. The molecule has 2 rings (SSSR count). The third kappa shape index (κ3) is 4.29. The van der Waals surface area contributed by atoms with Gasteiger partial charge in [-0.25, -0.2) is 9.59 Å². The number of carbonyl (C=O) groups excluding carboxylic acids is 3. The number of benzene rings is 1. The van der Waals surface area contributed by atoms with Crippen LogP contribution in [0.25, 0.3) is 0 Å². The minimum Gasteiger partial charge on any atom is -0.465 e. The molecule has 0 aliphatic rings. The summed E-state index contributed by atoms with van der Waals surface area (Å²) in [6.07, 6.45) is 0. The molecule has 9 nitrogen and oxygen atoms in total. The third-order valence-electron chi connectivity index (χ3n) is 3.63. The van der Waals surface area contributed by atoms with Gasteiger partial charge in [0.05, 0.1) is 34.8 Å². The lowest BCUT2D eigenvalue weighted by molar-refractivity contribution is -0.384. The number of methoxy groups -OCH3 is 1. The molecule has 148 valence electrons. The fraction of sp³-hybridized carbons (Fsp3) is 0.235. The molecule has 0 aliphatic carbocycles. The van der Waals surface area contributed by atoms with Gasteiger partial charge >= 0.3 is 11.9 Å². The van der Waals surface area contributed by atoms with Gasteiger partial charge in [-0.15, -0.1) is 11.3 Å². The predicted octanol–water partition coefficient (Wildman–Crippen LogP) is 3.83. The second-order valence-corrected chi connectivity index (χ2v) is 6.78. The fourth-order valence-electron chi connectivity index (χ4n) is 2.31. The van der Waals surface area contributed by atoms with Crippen LogP contribution in [0.5, 0.6) is 0 Å². The van der Waals surface area contributed by atoms with Gasteiger partial charge in [0, 0.05) is 12.1 Å². The van der Waals surface area contributed by atoms with Crippen molar-refractivity contribution >= 4 is 51.5 Å². The lowest BCUT2D eigenvalue weighted by Gasteiger charge is -2.08. The minimum atomic E-state index is -0.712. The van der Waals surface area contributed by atoms with Crippen molar-refractivity contribution in [3.05, 3.63) is 54.9 Å². The Morgan fingerprint density at radius 1 is 1.29 bits per heavy atom. The van der Waals surface area contributed by atoms with Crippen LogP contribution in [0, 0.1) is 17.0 Å². The van der Waals surface area contributed by atoms with E-state index >= 15 is 0 Å². The smallest absolute Gasteiger partial charge is 0.348 e. The number of anilines is 1. The summed E-state index contributed by atoms with van der Waals surface area (Å²) in [5.74, 6) is -2.08. The Labute approximate surface area is 168 Å². The maximum atomic E-state index is 12.6. The number of hydrogen-bond donors (Lipinski definition) is 1. The SMILES string of the molecule is CCOC(=O)c1c(NC(=O)c2ccc([N+](=O)[O-])cc2Cl)sc(C(=O)OC)c1C. The highest BCUT2D eigenvalue weighted by atomic mass is 35.5. The van der Waals surface area contributed by atoms with E-state index in [1.165, 1.54) is 20.1 Å². The van der Waals surface area contributed by atoms with E-state index in [1.807, 2.05) is 0 Å². The Morgan fingerprint density at radius 2 is 1.96 bits per heavy atom. The molecule has 1 aromatic carbocycles. The molecule has 1 N–H and O–H groups in total.